The highest BCUT2D eigenvalue weighted by atomic mass is 16.6. The summed E-state index contributed by atoms with van der Waals surface area (Å²) in [5.74, 6) is 0.717. The number of methoxy groups -OCH3 is 1. The van der Waals surface area contributed by atoms with E-state index < -0.39 is 11.7 Å². The molecule has 1 unspecified atom stereocenters. The maximum absolute atomic E-state index is 12.0. The van der Waals surface area contributed by atoms with Gasteiger partial charge in [-0.3, -0.25) is 5.32 Å². The van der Waals surface area contributed by atoms with Crippen LogP contribution in [0.3, 0.4) is 0 Å². The molecule has 122 valence electrons. The van der Waals surface area contributed by atoms with E-state index in [2.05, 4.69) is 10.6 Å². The summed E-state index contributed by atoms with van der Waals surface area (Å²) in [5.41, 5.74) is 1.32. The molecule has 5 heteroatoms. The Morgan fingerprint density at radius 1 is 1.41 bits per heavy atom. The quantitative estimate of drug-likeness (QED) is 0.895. The van der Waals surface area contributed by atoms with E-state index in [1.54, 1.807) is 7.11 Å². The lowest BCUT2D eigenvalue weighted by Crippen LogP contribution is -2.28. The highest BCUT2D eigenvalue weighted by Crippen LogP contribution is 2.26. The minimum absolute atomic E-state index is 0.443. The molecule has 1 aromatic carbocycles. The monoisotopic (exact) mass is 306 g/mol. The lowest BCUT2D eigenvalue weighted by Gasteiger charge is -2.21. The van der Waals surface area contributed by atoms with Crippen LogP contribution < -0.4 is 15.4 Å². The molecule has 1 saturated heterocycles. The number of hydrogen-bond acceptors (Lipinski definition) is 4. The van der Waals surface area contributed by atoms with Gasteiger partial charge >= 0.3 is 6.09 Å². The number of benzene rings is 1. The molecule has 1 aliphatic rings. The summed E-state index contributed by atoms with van der Waals surface area (Å²) in [6, 6.07) is 6.23. The number of rotatable bonds is 4. The van der Waals surface area contributed by atoms with Gasteiger partial charge in [0.15, 0.2) is 0 Å². The fourth-order valence-corrected chi connectivity index (χ4v) is 2.59. The van der Waals surface area contributed by atoms with E-state index in [-0.39, 0.29) is 0 Å². The molecule has 0 saturated carbocycles. The van der Waals surface area contributed by atoms with Crippen LogP contribution in [0.4, 0.5) is 10.5 Å². The maximum Gasteiger partial charge on any atom is 0.412 e. The molecule has 2 rings (SSSR count). The zero-order valence-corrected chi connectivity index (χ0v) is 13.9. The van der Waals surface area contributed by atoms with Crippen molar-refractivity contribution in [2.24, 2.45) is 0 Å². The molecule has 0 aliphatic carbocycles. The van der Waals surface area contributed by atoms with Gasteiger partial charge in [-0.15, -0.1) is 0 Å². The first kappa shape index (κ1) is 16.6. The fourth-order valence-electron chi connectivity index (χ4n) is 2.59. The van der Waals surface area contributed by atoms with Crippen molar-refractivity contribution in [1.82, 2.24) is 5.32 Å². The van der Waals surface area contributed by atoms with Gasteiger partial charge in [-0.25, -0.2) is 4.79 Å². The average Bonchev–Trinajstić information content (AvgIpc) is 2.91. The van der Waals surface area contributed by atoms with E-state index in [1.807, 2.05) is 39.0 Å². The van der Waals surface area contributed by atoms with Gasteiger partial charge in [0.1, 0.15) is 11.4 Å². The summed E-state index contributed by atoms with van der Waals surface area (Å²) in [5, 5.41) is 6.32. The predicted octanol–water partition coefficient (Wildman–Crippen LogP) is 3.34. The standard InChI is InChI=1S/C17H26N2O3/c1-17(2,3)22-16(20)19-15-11-14(21-4)8-7-12(15)10-13-6-5-9-18-13/h7-8,11,13,18H,5-6,9-10H2,1-4H3,(H,19,20). The molecule has 0 spiro atoms. The van der Waals surface area contributed by atoms with Crippen LogP contribution in [0, 0.1) is 0 Å². The third-order valence-corrected chi connectivity index (χ3v) is 3.58. The first-order valence-corrected chi connectivity index (χ1v) is 7.78. The Hall–Kier alpha value is -1.75. The second-order valence-electron chi connectivity index (χ2n) is 6.65. The van der Waals surface area contributed by atoms with Crippen molar-refractivity contribution < 1.29 is 14.3 Å². The molecule has 0 aromatic heterocycles. The number of nitrogens with one attached hydrogen (secondary N) is 2. The molecule has 1 aliphatic heterocycles. The Kier molecular flexibility index (Phi) is 5.29. The molecule has 2 N–H and O–H groups in total. The molecular formula is C17H26N2O3. The molecular weight excluding hydrogens is 280 g/mol. The van der Waals surface area contributed by atoms with Crippen LogP contribution >= 0.6 is 0 Å². The third-order valence-electron chi connectivity index (χ3n) is 3.58. The second-order valence-corrected chi connectivity index (χ2v) is 6.65. The number of ether oxygens (including phenoxy) is 2. The van der Waals surface area contributed by atoms with Gasteiger partial charge < -0.3 is 14.8 Å². The minimum Gasteiger partial charge on any atom is -0.497 e. The summed E-state index contributed by atoms with van der Waals surface area (Å²) in [6.45, 7) is 6.61. The molecule has 1 atom stereocenters. The average molecular weight is 306 g/mol. The van der Waals surface area contributed by atoms with Crippen molar-refractivity contribution in [3.05, 3.63) is 23.8 Å². The van der Waals surface area contributed by atoms with E-state index >= 15 is 0 Å². The van der Waals surface area contributed by atoms with Crippen molar-refractivity contribution >= 4 is 11.8 Å². The van der Waals surface area contributed by atoms with Gasteiger partial charge in [0.05, 0.1) is 12.8 Å². The fraction of sp³-hybridized carbons (Fsp3) is 0.588. The van der Waals surface area contributed by atoms with Crippen LogP contribution in [0.1, 0.15) is 39.2 Å². The van der Waals surface area contributed by atoms with Crippen molar-refractivity contribution in [2.45, 2.75) is 51.7 Å². The van der Waals surface area contributed by atoms with Gasteiger partial charge in [0, 0.05) is 12.1 Å². The first-order chi connectivity index (χ1) is 10.4. The van der Waals surface area contributed by atoms with Crippen LogP contribution in [0.5, 0.6) is 5.75 Å². The molecule has 5 nitrogen and oxygen atoms in total. The molecule has 0 radical (unpaired) electrons. The Balaban J connectivity index is 2.13. The zero-order valence-electron chi connectivity index (χ0n) is 13.9. The normalized spacial score (nSPS) is 18.1. The van der Waals surface area contributed by atoms with E-state index in [4.69, 9.17) is 9.47 Å². The van der Waals surface area contributed by atoms with Gasteiger partial charge in [0.2, 0.25) is 0 Å². The van der Waals surface area contributed by atoms with Crippen LogP contribution in [0.15, 0.2) is 18.2 Å². The van der Waals surface area contributed by atoms with Crippen LogP contribution in [-0.2, 0) is 11.2 Å². The highest BCUT2D eigenvalue weighted by molar-refractivity contribution is 5.86. The smallest absolute Gasteiger partial charge is 0.412 e. The minimum atomic E-state index is -0.518. The van der Waals surface area contributed by atoms with E-state index in [1.165, 1.54) is 6.42 Å². The summed E-state index contributed by atoms with van der Waals surface area (Å²) < 4.78 is 10.6. The van der Waals surface area contributed by atoms with Crippen LogP contribution in [-0.4, -0.2) is 31.4 Å². The molecule has 1 amide bonds. The SMILES string of the molecule is COc1ccc(CC2CCCN2)c(NC(=O)OC(C)(C)C)c1. The largest absolute Gasteiger partial charge is 0.497 e. The number of carbonyl (C=O) groups is 1. The predicted molar refractivity (Wildman–Crippen MR) is 87.6 cm³/mol. The van der Waals surface area contributed by atoms with Crippen LogP contribution in [0.25, 0.3) is 0 Å². The van der Waals surface area contributed by atoms with Crippen molar-refractivity contribution in [1.29, 1.82) is 0 Å². The summed E-state index contributed by atoms with van der Waals surface area (Å²) in [7, 11) is 1.62. The summed E-state index contributed by atoms with van der Waals surface area (Å²) >= 11 is 0. The maximum atomic E-state index is 12.0. The van der Waals surface area contributed by atoms with Crippen LogP contribution in [0.2, 0.25) is 0 Å². The molecule has 1 fully saturated rings. The topological polar surface area (TPSA) is 59.6 Å². The molecule has 1 heterocycles. The summed E-state index contributed by atoms with van der Waals surface area (Å²) in [6.07, 6.45) is 2.81. The number of carbonyl (C=O) groups excluding carboxylic acids is 1. The van der Waals surface area contributed by atoms with Crippen molar-refractivity contribution in [3.8, 4) is 5.75 Å². The number of anilines is 1. The van der Waals surface area contributed by atoms with Gasteiger partial charge in [0.25, 0.3) is 0 Å². The number of amides is 1. The highest BCUT2D eigenvalue weighted by Gasteiger charge is 2.20. The number of hydrogen-bond donors (Lipinski definition) is 2. The Bertz CT molecular complexity index is 517. The lowest BCUT2D eigenvalue weighted by molar-refractivity contribution is 0.0635. The molecule has 1 aromatic rings. The Morgan fingerprint density at radius 3 is 2.77 bits per heavy atom. The van der Waals surface area contributed by atoms with Crippen molar-refractivity contribution in [3.63, 3.8) is 0 Å². The Morgan fingerprint density at radius 2 is 2.18 bits per heavy atom. The first-order valence-electron chi connectivity index (χ1n) is 7.78. The lowest BCUT2D eigenvalue weighted by atomic mass is 10.0. The van der Waals surface area contributed by atoms with Crippen molar-refractivity contribution in [2.75, 3.05) is 19.0 Å². The molecule has 0 bridgehead atoms. The van der Waals surface area contributed by atoms with Gasteiger partial charge in [-0.05, 0) is 58.2 Å². The Labute approximate surface area is 132 Å². The second kappa shape index (κ2) is 7.01. The third kappa shape index (κ3) is 4.91. The summed E-state index contributed by atoms with van der Waals surface area (Å²) in [4.78, 5) is 12.0. The van der Waals surface area contributed by atoms with Gasteiger partial charge in [-0.2, -0.15) is 0 Å². The van der Waals surface area contributed by atoms with E-state index in [0.717, 1.165) is 30.6 Å². The van der Waals surface area contributed by atoms with E-state index in [0.29, 0.717) is 11.8 Å². The molecule has 22 heavy (non-hydrogen) atoms. The van der Waals surface area contributed by atoms with Gasteiger partial charge in [-0.1, -0.05) is 6.07 Å². The van der Waals surface area contributed by atoms with E-state index in [9.17, 15) is 4.79 Å². The zero-order chi connectivity index (χ0) is 16.2.